The standard InChI is InChI=1S/C16H22N4S/c1-4-12(11-17-7-1)20-15(10-13-5-3-9-21-13)19-14-6-2-8-18-16(14)20/h2,6,8,12-13,17H,1,3-5,7,9-11H2. The fourth-order valence-electron chi connectivity index (χ4n) is 3.57. The number of nitrogens with one attached hydrogen (secondary N) is 1. The largest absolute Gasteiger partial charge is 0.315 e. The summed E-state index contributed by atoms with van der Waals surface area (Å²) in [7, 11) is 0. The highest BCUT2D eigenvalue weighted by Crippen LogP contribution is 2.31. The number of rotatable bonds is 3. The molecule has 2 aliphatic rings. The molecule has 1 N–H and O–H groups in total. The van der Waals surface area contributed by atoms with Crippen LogP contribution in [0.1, 0.15) is 37.5 Å². The summed E-state index contributed by atoms with van der Waals surface area (Å²) in [6.07, 6.45) is 8.17. The van der Waals surface area contributed by atoms with Gasteiger partial charge in [-0.05, 0) is 50.1 Å². The van der Waals surface area contributed by atoms with Crippen molar-refractivity contribution in [2.45, 2.75) is 43.4 Å². The lowest BCUT2D eigenvalue weighted by Crippen LogP contribution is -2.32. The van der Waals surface area contributed by atoms with Crippen LogP contribution in [0.3, 0.4) is 0 Å². The quantitative estimate of drug-likeness (QED) is 0.947. The number of piperidine rings is 1. The molecule has 2 saturated heterocycles. The van der Waals surface area contributed by atoms with E-state index in [-0.39, 0.29) is 0 Å². The van der Waals surface area contributed by atoms with Crippen LogP contribution >= 0.6 is 11.8 Å². The maximum Gasteiger partial charge on any atom is 0.160 e. The van der Waals surface area contributed by atoms with Crippen LogP contribution in [0.2, 0.25) is 0 Å². The fourth-order valence-corrected chi connectivity index (χ4v) is 4.83. The van der Waals surface area contributed by atoms with Gasteiger partial charge in [0.05, 0.1) is 0 Å². The third kappa shape index (κ3) is 2.69. The van der Waals surface area contributed by atoms with Gasteiger partial charge in [0, 0.05) is 30.5 Å². The molecule has 5 heteroatoms. The lowest BCUT2D eigenvalue weighted by Gasteiger charge is -2.26. The van der Waals surface area contributed by atoms with Crippen LogP contribution in [0, 0.1) is 0 Å². The van der Waals surface area contributed by atoms with E-state index in [2.05, 4.69) is 32.7 Å². The Morgan fingerprint density at radius 2 is 2.33 bits per heavy atom. The van der Waals surface area contributed by atoms with Crippen molar-refractivity contribution in [1.82, 2.24) is 19.9 Å². The molecular weight excluding hydrogens is 280 g/mol. The molecule has 2 fully saturated rings. The first-order valence-electron chi connectivity index (χ1n) is 8.06. The molecule has 2 aromatic rings. The van der Waals surface area contributed by atoms with E-state index >= 15 is 0 Å². The first kappa shape index (κ1) is 13.6. The summed E-state index contributed by atoms with van der Waals surface area (Å²) in [6, 6.07) is 4.60. The van der Waals surface area contributed by atoms with Crippen LogP contribution < -0.4 is 5.32 Å². The third-order valence-electron chi connectivity index (χ3n) is 4.59. The minimum atomic E-state index is 0.514. The van der Waals surface area contributed by atoms with Gasteiger partial charge in [-0.15, -0.1) is 0 Å². The van der Waals surface area contributed by atoms with Crippen molar-refractivity contribution in [3.8, 4) is 0 Å². The molecule has 0 aliphatic carbocycles. The van der Waals surface area contributed by atoms with E-state index in [0.29, 0.717) is 6.04 Å². The van der Waals surface area contributed by atoms with Crippen molar-refractivity contribution in [2.24, 2.45) is 0 Å². The van der Waals surface area contributed by atoms with Gasteiger partial charge in [0.1, 0.15) is 11.3 Å². The van der Waals surface area contributed by atoms with E-state index in [4.69, 9.17) is 4.98 Å². The highest BCUT2D eigenvalue weighted by molar-refractivity contribution is 8.00. The Kier molecular flexibility index (Phi) is 3.86. The monoisotopic (exact) mass is 302 g/mol. The van der Waals surface area contributed by atoms with Crippen molar-refractivity contribution in [3.05, 3.63) is 24.2 Å². The van der Waals surface area contributed by atoms with Gasteiger partial charge in [-0.25, -0.2) is 9.97 Å². The predicted octanol–water partition coefficient (Wildman–Crippen LogP) is 2.79. The molecule has 21 heavy (non-hydrogen) atoms. The summed E-state index contributed by atoms with van der Waals surface area (Å²) in [6.45, 7) is 2.19. The third-order valence-corrected chi connectivity index (χ3v) is 5.99. The highest BCUT2D eigenvalue weighted by atomic mass is 32.2. The van der Waals surface area contributed by atoms with Crippen molar-refractivity contribution >= 4 is 22.9 Å². The molecule has 0 radical (unpaired) electrons. The summed E-state index contributed by atoms with van der Waals surface area (Å²) >= 11 is 2.11. The first-order chi connectivity index (χ1) is 10.4. The number of pyridine rings is 1. The van der Waals surface area contributed by atoms with Crippen LogP contribution in [-0.4, -0.2) is 38.6 Å². The zero-order chi connectivity index (χ0) is 14.1. The van der Waals surface area contributed by atoms with Crippen molar-refractivity contribution in [1.29, 1.82) is 0 Å². The molecule has 0 spiro atoms. The molecule has 2 aliphatic heterocycles. The topological polar surface area (TPSA) is 42.7 Å². The second-order valence-electron chi connectivity index (χ2n) is 6.08. The molecule has 0 amide bonds. The fraction of sp³-hybridized carbons (Fsp3) is 0.625. The van der Waals surface area contributed by atoms with Crippen LogP contribution in [-0.2, 0) is 6.42 Å². The number of thioether (sulfide) groups is 1. The van der Waals surface area contributed by atoms with E-state index in [1.54, 1.807) is 0 Å². The number of aromatic nitrogens is 3. The Balaban J connectivity index is 1.72. The molecule has 0 aromatic carbocycles. The number of nitrogens with zero attached hydrogens (tertiary/aromatic N) is 3. The normalized spacial score (nSPS) is 26.5. The summed E-state index contributed by atoms with van der Waals surface area (Å²) < 4.78 is 2.43. The lowest BCUT2D eigenvalue weighted by atomic mass is 10.1. The van der Waals surface area contributed by atoms with Gasteiger partial charge in [0.25, 0.3) is 0 Å². The number of hydrogen-bond acceptors (Lipinski definition) is 4. The Bertz CT molecular complexity index is 612. The molecule has 112 valence electrons. The molecule has 4 heterocycles. The van der Waals surface area contributed by atoms with Crippen molar-refractivity contribution in [3.63, 3.8) is 0 Å². The van der Waals surface area contributed by atoms with E-state index in [0.717, 1.165) is 35.9 Å². The summed E-state index contributed by atoms with van der Waals surface area (Å²) in [4.78, 5) is 9.53. The molecule has 4 rings (SSSR count). The molecule has 0 bridgehead atoms. The maximum absolute atomic E-state index is 4.91. The molecule has 0 saturated carbocycles. The minimum absolute atomic E-state index is 0.514. The van der Waals surface area contributed by atoms with E-state index < -0.39 is 0 Å². The van der Waals surface area contributed by atoms with Crippen LogP contribution in [0.15, 0.2) is 18.3 Å². The van der Waals surface area contributed by atoms with Crippen LogP contribution in [0.5, 0.6) is 0 Å². The average molecular weight is 302 g/mol. The summed E-state index contributed by atoms with van der Waals surface area (Å²) in [5.74, 6) is 2.56. The number of imidazole rings is 1. The Labute approximate surface area is 129 Å². The molecule has 2 aromatic heterocycles. The van der Waals surface area contributed by atoms with E-state index in [1.807, 2.05) is 12.3 Å². The maximum atomic E-state index is 4.91. The van der Waals surface area contributed by atoms with E-state index in [1.165, 1.54) is 37.3 Å². The Morgan fingerprint density at radius 3 is 3.14 bits per heavy atom. The van der Waals surface area contributed by atoms with Crippen molar-refractivity contribution < 1.29 is 0 Å². The van der Waals surface area contributed by atoms with Crippen LogP contribution in [0.4, 0.5) is 0 Å². The van der Waals surface area contributed by atoms with Gasteiger partial charge in [-0.3, -0.25) is 0 Å². The SMILES string of the molecule is c1cnc2c(c1)nc(CC1CCCS1)n2C1CCCNC1. The minimum Gasteiger partial charge on any atom is -0.315 e. The molecule has 2 unspecified atom stereocenters. The van der Waals surface area contributed by atoms with Gasteiger partial charge in [-0.1, -0.05) is 0 Å². The second kappa shape index (κ2) is 5.97. The zero-order valence-electron chi connectivity index (χ0n) is 12.3. The second-order valence-corrected chi connectivity index (χ2v) is 7.49. The smallest absolute Gasteiger partial charge is 0.160 e. The lowest BCUT2D eigenvalue weighted by molar-refractivity contribution is 0.368. The Hall–Kier alpha value is -1.07. The molecular formula is C16H22N4S. The average Bonchev–Trinajstić information content (AvgIpc) is 3.15. The first-order valence-corrected chi connectivity index (χ1v) is 9.11. The Morgan fingerprint density at radius 1 is 1.33 bits per heavy atom. The van der Waals surface area contributed by atoms with Gasteiger partial charge >= 0.3 is 0 Å². The highest BCUT2D eigenvalue weighted by Gasteiger charge is 2.25. The van der Waals surface area contributed by atoms with Gasteiger partial charge < -0.3 is 9.88 Å². The van der Waals surface area contributed by atoms with Gasteiger partial charge in [-0.2, -0.15) is 11.8 Å². The summed E-state index contributed by atoms with van der Waals surface area (Å²) in [5.41, 5.74) is 2.13. The van der Waals surface area contributed by atoms with Crippen molar-refractivity contribution in [2.75, 3.05) is 18.8 Å². The van der Waals surface area contributed by atoms with Crippen LogP contribution in [0.25, 0.3) is 11.2 Å². The summed E-state index contributed by atoms with van der Waals surface area (Å²) in [5, 5.41) is 4.27. The number of fused-ring (bicyclic) bond motifs is 1. The predicted molar refractivity (Wildman–Crippen MR) is 87.9 cm³/mol. The molecule has 4 nitrogen and oxygen atoms in total. The van der Waals surface area contributed by atoms with Gasteiger partial charge in [0.2, 0.25) is 0 Å². The van der Waals surface area contributed by atoms with E-state index in [9.17, 15) is 0 Å². The zero-order valence-corrected chi connectivity index (χ0v) is 13.1. The van der Waals surface area contributed by atoms with Gasteiger partial charge in [0.15, 0.2) is 5.65 Å². The number of hydrogen-bond donors (Lipinski definition) is 1. The molecule has 2 atom stereocenters.